The van der Waals surface area contributed by atoms with Gasteiger partial charge in [-0.25, -0.2) is 8.42 Å². The van der Waals surface area contributed by atoms with Gasteiger partial charge in [0.15, 0.2) is 0 Å². The molecule has 1 heterocycles. The Labute approximate surface area is 103 Å². The maximum atomic E-state index is 11.8. The molecule has 0 radical (unpaired) electrons. The molecule has 1 aliphatic heterocycles. The van der Waals surface area contributed by atoms with Crippen molar-refractivity contribution >= 4 is 25.6 Å². The maximum absolute atomic E-state index is 11.8. The lowest BCUT2D eigenvalue weighted by Gasteiger charge is -2.07. The van der Waals surface area contributed by atoms with Crippen LogP contribution in [0.4, 0.5) is 0 Å². The van der Waals surface area contributed by atoms with Gasteiger partial charge in [-0.2, -0.15) is 0 Å². The molecule has 5 nitrogen and oxygen atoms in total. The molecule has 0 aliphatic carbocycles. The molecule has 1 aliphatic rings. The van der Waals surface area contributed by atoms with E-state index >= 15 is 0 Å². The van der Waals surface area contributed by atoms with Gasteiger partial charge in [0, 0.05) is 10.7 Å². The molecule has 1 aromatic rings. The molecule has 1 atom stereocenters. The normalized spacial score (nSPS) is 19.9. The second kappa shape index (κ2) is 4.19. The van der Waals surface area contributed by atoms with Crippen LogP contribution < -0.4 is 10.1 Å². The Hall–Kier alpha value is -1.27. The van der Waals surface area contributed by atoms with Crippen molar-refractivity contribution in [3.8, 4) is 5.75 Å². The minimum absolute atomic E-state index is 0.119. The zero-order valence-corrected chi connectivity index (χ0v) is 10.5. The van der Waals surface area contributed by atoms with E-state index in [2.05, 4.69) is 5.32 Å². The highest BCUT2D eigenvalue weighted by Gasteiger charge is 2.22. The number of hydrogen-bond donors (Lipinski definition) is 1. The Balaban J connectivity index is 2.52. The molecule has 0 saturated carbocycles. The average molecular weight is 276 g/mol. The quantitative estimate of drug-likeness (QED) is 0.780. The van der Waals surface area contributed by atoms with Gasteiger partial charge in [-0.1, -0.05) is 0 Å². The van der Waals surface area contributed by atoms with Gasteiger partial charge in [0.25, 0.3) is 15.0 Å². The van der Waals surface area contributed by atoms with Gasteiger partial charge in [0.1, 0.15) is 12.4 Å². The number of hydrogen-bond acceptors (Lipinski definition) is 4. The van der Waals surface area contributed by atoms with Crippen molar-refractivity contribution < 1.29 is 17.9 Å². The first-order valence-corrected chi connectivity index (χ1v) is 7.21. The van der Waals surface area contributed by atoms with Crippen LogP contribution in [0.25, 0.3) is 0 Å². The molecule has 0 saturated heterocycles. The molecule has 1 N–H and O–H groups in total. The van der Waals surface area contributed by atoms with Gasteiger partial charge in [0.05, 0.1) is 16.5 Å². The van der Waals surface area contributed by atoms with Gasteiger partial charge in [-0.15, -0.1) is 0 Å². The number of ether oxygens (including phenoxy) is 1. The minimum Gasteiger partial charge on any atom is -0.491 e. The van der Waals surface area contributed by atoms with Gasteiger partial charge in [-0.05, 0) is 25.1 Å². The fourth-order valence-electron chi connectivity index (χ4n) is 1.52. The van der Waals surface area contributed by atoms with Crippen molar-refractivity contribution in [2.24, 2.45) is 0 Å². The second-order valence-corrected chi connectivity index (χ2v) is 6.35. The van der Waals surface area contributed by atoms with E-state index in [0.29, 0.717) is 12.4 Å². The molecule has 92 valence electrons. The summed E-state index contributed by atoms with van der Waals surface area (Å²) in [5, 5.41) is 2.67. The van der Waals surface area contributed by atoms with Crippen LogP contribution in [0.2, 0.25) is 0 Å². The summed E-state index contributed by atoms with van der Waals surface area (Å²) >= 11 is 0. The number of halogens is 1. The van der Waals surface area contributed by atoms with Crippen LogP contribution in [-0.2, 0) is 9.05 Å². The second-order valence-electron chi connectivity index (χ2n) is 3.78. The van der Waals surface area contributed by atoms with Gasteiger partial charge in [-0.3, -0.25) is 4.79 Å². The topological polar surface area (TPSA) is 72.5 Å². The molecular formula is C10H10ClNO4S. The summed E-state index contributed by atoms with van der Waals surface area (Å²) in [6.07, 6.45) is 0. The van der Waals surface area contributed by atoms with E-state index in [0.717, 1.165) is 0 Å². The van der Waals surface area contributed by atoms with Gasteiger partial charge >= 0.3 is 0 Å². The number of rotatable bonds is 1. The standard InChI is InChI=1S/C10H10ClNO4S/c1-6-5-16-9-3-2-7(17(11,14)15)4-8(9)10(13)12-6/h2-4,6H,5H2,1H3,(H,12,13). The van der Waals surface area contributed by atoms with Crippen LogP contribution in [-0.4, -0.2) is 27.0 Å². The Bertz CT molecular complexity index is 570. The first-order chi connectivity index (χ1) is 7.88. The zero-order valence-electron chi connectivity index (χ0n) is 8.94. The Morgan fingerprint density at radius 2 is 2.18 bits per heavy atom. The molecule has 0 aromatic heterocycles. The molecule has 0 spiro atoms. The molecule has 2 rings (SSSR count). The smallest absolute Gasteiger partial charge is 0.261 e. The van der Waals surface area contributed by atoms with Crippen LogP contribution in [0.5, 0.6) is 5.75 Å². The van der Waals surface area contributed by atoms with E-state index < -0.39 is 9.05 Å². The van der Waals surface area contributed by atoms with Crippen LogP contribution in [0.15, 0.2) is 23.1 Å². The molecular weight excluding hydrogens is 266 g/mol. The highest BCUT2D eigenvalue weighted by molar-refractivity contribution is 8.13. The summed E-state index contributed by atoms with van der Waals surface area (Å²) in [5.74, 6) is -0.0110. The minimum atomic E-state index is -3.85. The fraction of sp³-hybridized carbons (Fsp3) is 0.300. The summed E-state index contributed by atoms with van der Waals surface area (Å²) in [6.45, 7) is 2.13. The summed E-state index contributed by atoms with van der Waals surface area (Å²) in [5.41, 5.74) is 0.177. The summed E-state index contributed by atoms with van der Waals surface area (Å²) in [4.78, 5) is 11.6. The predicted molar refractivity (Wildman–Crippen MR) is 61.9 cm³/mol. The first kappa shape index (κ1) is 12.2. The lowest BCUT2D eigenvalue weighted by atomic mass is 10.2. The predicted octanol–water partition coefficient (Wildman–Crippen LogP) is 1.12. The van der Waals surface area contributed by atoms with Crippen molar-refractivity contribution in [1.29, 1.82) is 0 Å². The van der Waals surface area contributed by atoms with Crippen LogP contribution >= 0.6 is 10.7 Å². The van der Waals surface area contributed by atoms with E-state index in [-0.39, 0.29) is 22.4 Å². The van der Waals surface area contributed by atoms with Crippen LogP contribution in [0.3, 0.4) is 0 Å². The van der Waals surface area contributed by atoms with Crippen molar-refractivity contribution in [2.75, 3.05) is 6.61 Å². The lowest BCUT2D eigenvalue weighted by molar-refractivity contribution is 0.0942. The first-order valence-electron chi connectivity index (χ1n) is 4.90. The number of benzene rings is 1. The number of fused-ring (bicyclic) bond motifs is 1. The van der Waals surface area contributed by atoms with Crippen molar-refractivity contribution in [3.05, 3.63) is 23.8 Å². The third-order valence-electron chi connectivity index (χ3n) is 2.34. The summed E-state index contributed by atoms with van der Waals surface area (Å²) in [6, 6.07) is 3.82. The van der Waals surface area contributed by atoms with Crippen LogP contribution in [0.1, 0.15) is 17.3 Å². The largest absolute Gasteiger partial charge is 0.491 e. The number of carbonyl (C=O) groups is 1. The van der Waals surface area contributed by atoms with Gasteiger partial charge in [0.2, 0.25) is 0 Å². The van der Waals surface area contributed by atoms with Crippen molar-refractivity contribution in [3.63, 3.8) is 0 Å². The van der Waals surface area contributed by atoms with Gasteiger partial charge < -0.3 is 10.1 Å². The number of amides is 1. The van der Waals surface area contributed by atoms with E-state index in [4.69, 9.17) is 15.4 Å². The highest BCUT2D eigenvalue weighted by Crippen LogP contribution is 2.26. The zero-order chi connectivity index (χ0) is 12.6. The molecule has 0 fully saturated rings. The molecule has 1 unspecified atom stereocenters. The summed E-state index contributed by atoms with van der Waals surface area (Å²) in [7, 11) is 1.37. The Morgan fingerprint density at radius 3 is 2.82 bits per heavy atom. The monoisotopic (exact) mass is 275 g/mol. The molecule has 0 bridgehead atoms. The third-order valence-corrected chi connectivity index (χ3v) is 3.70. The maximum Gasteiger partial charge on any atom is 0.261 e. The van der Waals surface area contributed by atoms with E-state index in [9.17, 15) is 13.2 Å². The van der Waals surface area contributed by atoms with E-state index in [1.165, 1.54) is 18.2 Å². The number of nitrogens with one attached hydrogen (secondary N) is 1. The average Bonchev–Trinajstić information content (AvgIpc) is 2.37. The Kier molecular flexibility index (Phi) is 3.01. The molecule has 1 amide bonds. The van der Waals surface area contributed by atoms with E-state index in [1.807, 2.05) is 0 Å². The van der Waals surface area contributed by atoms with E-state index in [1.54, 1.807) is 6.92 Å². The highest BCUT2D eigenvalue weighted by atomic mass is 35.7. The van der Waals surface area contributed by atoms with Crippen molar-refractivity contribution in [1.82, 2.24) is 5.32 Å². The van der Waals surface area contributed by atoms with Crippen molar-refractivity contribution in [2.45, 2.75) is 17.9 Å². The van der Waals surface area contributed by atoms with Crippen LogP contribution in [0, 0.1) is 0 Å². The molecule has 17 heavy (non-hydrogen) atoms. The third kappa shape index (κ3) is 2.53. The Morgan fingerprint density at radius 1 is 1.47 bits per heavy atom. The SMILES string of the molecule is CC1COc2ccc(S(=O)(=O)Cl)cc2C(=O)N1. The molecule has 7 heteroatoms. The lowest BCUT2D eigenvalue weighted by Crippen LogP contribution is -2.33. The molecule has 1 aromatic carbocycles. The number of carbonyl (C=O) groups excluding carboxylic acids is 1. The fourth-order valence-corrected chi connectivity index (χ4v) is 2.30. The summed E-state index contributed by atoms with van der Waals surface area (Å²) < 4.78 is 27.7.